The highest BCUT2D eigenvalue weighted by molar-refractivity contribution is 9.11. The molecule has 1 saturated heterocycles. The number of piperidine rings is 1. The van der Waals surface area contributed by atoms with Crippen LogP contribution in [0, 0.1) is 6.92 Å². The molecular weight excluding hydrogens is 356 g/mol. The zero-order valence-electron chi connectivity index (χ0n) is 9.90. The van der Waals surface area contributed by atoms with Gasteiger partial charge in [-0.3, -0.25) is 14.9 Å². The summed E-state index contributed by atoms with van der Waals surface area (Å²) in [5, 5.41) is 2.11. The number of thiophene rings is 1. The monoisotopic (exact) mass is 366 g/mol. The predicted molar refractivity (Wildman–Crippen MR) is 73.2 cm³/mol. The molecule has 2 N–H and O–H groups in total. The van der Waals surface area contributed by atoms with Gasteiger partial charge in [-0.2, -0.15) is 4.72 Å². The van der Waals surface area contributed by atoms with E-state index in [1.807, 2.05) is 0 Å². The zero-order chi connectivity index (χ0) is 14.2. The molecule has 2 rings (SSSR count). The van der Waals surface area contributed by atoms with Crippen molar-refractivity contribution in [2.45, 2.75) is 30.7 Å². The van der Waals surface area contributed by atoms with Crippen LogP contribution in [0.1, 0.15) is 17.7 Å². The van der Waals surface area contributed by atoms with Crippen LogP contribution in [0.3, 0.4) is 0 Å². The summed E-state index contributed by atoms with van der Waals surface area (Å²) in [6.07, 6.45) is 0.305. The number of hydrogen-bond donors (Lipinski definition) is 2. The van der Waals surface area contributed by atoms with E-state index < -0.39 is 22.0 Å². The van der Waals surface area contributed by atoms with E-state index in [2.05, 4.69) is 26.0 Å². The minimum absolute atomic E-state index is 0.130. The van der Waals surface area contributed by atoms with E-state index in [1.54, 1.807) is 6.92 Å². The molecule has 104 valence electrons. The minimum atomic E-state index is -3.76. The van der Waals surface area contributed by atoms with Crippen LogP contribution in [0.4, 0.5) is 0 Å². The first-order chi connectivity index (χ1) is 8.79. The normalized spacial score (nSPS) is 20.4. The smallest absolute Gasteiger partial charge is 0.244 e. The van der Waals surface area contributed by atoms with Gasteiger partial charge in [-0.25, -0.2) is 8.42 Å². The number of imide groups is 1. The van der Waals surface area contributed by atoms with Crippen molar-refractivity contribution in [3.63, 3.8) is 0 Å². The lowest BCUT2D eigenvalue weighted by Gasteiger charge is -2.21. The molecule has 1 aromatic heterocycles. The second-order valence-electron chi connectivity index (χ2n) is 4.10. The molecular formula is C10H11BrN2O4S2. The fraction of sp³-hybridized carbons (Fsp3) is 0.400. The lowest BCUT2D eigenvalue weighted by atomic mass is 10.1. The van der Waals surface area contributed by atoms with Crippen molar-refractivity contribution in [2.24, 2.45) is 0 Å². The van der Waals surface area contributed by atoms with Crippen LogP contribution in [0.15, 0.2) is 14.7 Å². The standard InChI is InChI=1S/C10H11BrN2O4S2/c1-5-7(4-8(11)18-5)19(16,17)13-6-2-3-9(14)12-10(6)15/h4,6,13H,2-3H2,1H3,(H,12,14,15). The summed E-state index contributed by atoms with van der Waals surface area (Å²) >= 11 is 4.52. The van der Waals surface area contributed by atoms with Gasteiger partial charge in [0.25, 0.3) is 0 Å². The molecule has 0 radical (unpaired) electrons. The maximum Gasteiger partial charge on any atom is 0.244 e. The van der Waals surface area contributed by atoms with Crippen molar-refractivity contribution < 1.29 is 18.0 Å². The van der Waals surface area contributed by atoms with Crippen LogP contribution >= 0.6 is 27.3 Å². The molecule has 19 heavy (non-hydrogen) atoms. The lowest BCUT2D eigenvalue weighted by Crippen LogP contribution is -2.52. The summed E-state index contributed by atoms with van der Waals surface area (Å²) in [6.45, 7) is 1.69. The number of rotatable bonds is 3. The molecule has 9 heteroatoms. The van der Waals surface area contributed by atoms with E-state index >= 15 is 0 Å². The Bertz CT molecular complexity index is 638. The largest absolute Gasteiger partial charge is 0.295 e. The molecule has 0 bridgehead atoms. The number of aryl methyl sites for hydroxylation is 1. The van der Waals surface area contributed by atoms with Crippen LogP contribution < -0.4 is 10.0 Å². The highest BCUT2D eigenvalue weighted by atomic mass is 79.9. The van der Waals surface area contributed by atoms with Crippen molar-refractivity contribution in [3.8, 4) is 0 Å². The van der Waals surface area contributed by atoms with Gasteiger partial charge in [0, 0.05) is 11.3 Å². The SMILES string of the molecule is Cc1sc(Br)cc1S(=O)(=O)NC1CCC(=O)NC1=O. The Kier molecular flexibility index (Phi) is 4.09. The van der Waals surface area contributed by atoms with Gasteiger partial charge in [-0.05, 0) is 35.3 Å². The molecule has 0 aromatic carbocycles. The van der Waals surface area contributed by atoms with E-state index in [-0.39, 0.29) is 23.6 Å². The predicted octanol–water partition coefficient (Wildman–Crippen LogP) is 0.903. The minimum Gasteiger partial charge on any atom is -0.295 e. The highest BCUT2D eigenvalue weighted by Gasteiger charge is 2.31. The van der Waals surface area contributed by atoms with E-state index in [9.17, 15) is 18.0 Å². The Hall–Kier alpha value is -0.770. The Morgan fingerprint density at radius 1 is 1.47 bits per heavy atom. The van der Waals surface area contributed by atoms with Gasteiger partial charge < -0.3 is 0 Å². The average molecular weight is 367 g/mol. The molecule has 0 aliphatic carbocycles. The lowest BCUT2D eigenvalue weighted by molar-refractivity contribution is -0.134. The Morgan fingerprint density at radius 2 is 2.16 bits per heavy atom. The first-order valence-corrected chi connectivity index (χ1v) is 8.51. The quantitative estimate of drug-likeness (QED) is 0.777. The Balaban J connectivity index is 2.20. The maximum atomic E-state index is 12.2. The summed E-state index contributed by atoms with van der Waals surface area (Å²) < 4.78 is 27.4. The van der Waals surface area contributed by atoms with Gasteiger partial charge >= 0.3 is 0 Å². The van der Waals surface area contributed by atoms with Gasteiger partial charge in [-0.1, -0.05) is 0 Å². The van der Waals surface area contributed by atoms with Crippen molar-refractivity contribution in [1.82, 2.24) is 10.0 Å². The maximum absolute atomic E-state index is 12.2. The summed E-state index contributed by atoms with van der Waals surface area (Å²) in [4.78, 5) is 23.3. The second kappa shape index (κ2) is 5.31. The van der Waals surface area contributed by atoms with E-state index in [0.717, 1.165) is 0 Å². The van der Waals surface area contributed by atoms with E-state index in [0.29, 0.717) is 8.66 Å². The van der Waals surface area contributed by atoms with Crippen molar-refractivity contribution in [3.05, 3.63) is 14.7 Å². The molecule has 1 aliphatic rings. The topological polar surface area (TPSA) is 92.3 Å². The number of sulfonamides is 1. The number of nitrogens with one attached hydrogen (secondary N) is 2. The van der Waals surface area contributed by atoms with Gasteiger partial charge in [0.2, 0.25) is 21.8 Å². The molecule has 1 unspecified atom stereocenters. The summed E-state index contributed by atoms with van der Waals surface area (Å²) in [5.74, 6) is -0.985. The van der Waals surface area contributed by atoms with Crippen LogP contribution in [0.5, 0.6) is 0 Å². The number of hydrogen-bond acceptors (Lipinski definition) is 5. The molecule has 2 amide bonds. The summed E-state index contributed by atoms with van der Waals surface area (Å²) in [6, 6.07) is 0.592. The average Bonchev–Trinajstić information content (AvgIpc) is 2.63. The first-order valence-electron chi connectivity index (χ1n) is 5.41. The molecule has 1 fully saturated rings. The summed E-state index contributed by atoms with van der Waals surface area (Å²) in [5.41, 5.74) is 0. The Morgan fingerprint density at radius 3 is 2.68 bits per heavy atom. The Labute approximate surface area is 122 Å². The van der Waals surface area contributed by atoms with Crippen molar-refractivity contribution in [2.75, 3.05) is 0 Å². The third-order valence-corrected chi connectivity index (χ3v) is 5.95. The number of carbonyl (C=O) groups is 2. The third-order valence-electron chi connectivity index (χ3n) is 2.67. The van der Waals surface area contributed by atoms with Crippen LogP contribution in [-0.2, 0) is 19.6 Å². The van der Waals surface area contributed by atoms with Crippen LogP contribution in [-0.4, -0.2) is 26.3 Å². The highest BCUT2D eigenvalue weighted by Crippen LogP contribution is 2.29. The van der Waals surface area contributed by atoms with Crippen molar-refractivity contribution >= 4 is 49.1 Å². The molecule has 2 heterocycles. The fourth-order valence-corrected chi connectivity index (χ4v) is 5.40. The van der Waals surface area contributed by atoms with Gasteiger partial charge in [0.15, 0.2) is 0 Å². The summed E-state index contributed by atoms with van der Waals surface area (Å²) in [7, 11) is -3.76. The number of carbonyl (C=O) groups excluding carboxylic acids is 2. The van der Waals surface area contributed by atoms with Crippen LogP contribution in [0.25, 0.3) is 0 Å². The molecule has 0 saturated carbocycles. The number of amides is 2. The van der Waals surface area contributed by atoms with Gasteiger partial charge in [-0.15, -0.1) is 11.3 Å². The van der Waals surface area contributed by atoms with Crippen LogP contribution in [0.2, 0.25) is 0 Å². The van der Waals surface area contributed by atoms with Gasteiger partial charge in [0.05, 0.1) is 8.68 Å². The van der Waals surface area contributed by atoms with E-state index in [4.69, 9.17) is 0 Å². The number of halogens is 1. The second-order valence-corrected chi connectivity index (χ2v) is 8.41. The third kappa shape index (κ3) is 3.22. The molecule has 1 aliphatic heterocycles. The zero-order valence-corrected chi connectivity index (χ0v) is 13.1. The van der Waals surface area contributed by atoms with Crippen molar-refractivity contribution in [1.29, 1.82) is 0 Å². The molecule has 0 spiro atoms. The molecule has 6 nitrogen and oxygen atoms in total. The van der Waals surface area contributed by atoms with Gasteiger partial charge in [0.1, 0.15) is 6.04 Å². The fourth-order valence-electron chi connectivity index (χ4n) is 1.75. The molecule has 1 aromatic rings. The first kappa shape index (κ1) is 14.6. The van der Waals surface area contributed by atoms with E-state index in [1.165, 1.54) is 17.4 Å². The molecule has 1 atom stereocenters.